The van der Waals surface area contributed by atoms with Crippen LogP contribution in [-0.2, 0) is 15.0 Å². The molecule has 4 rings (SSSR count). The van der Waals surface area contributed by atoms with Gasteiger partial charge in [0, 0.05) is 39.5 Å². The van der Waals surface area contributed by atoms with Crippen molar-refractivity contribution in [3.8, 4) is 11.3 Å². The van der Waals surface area contributed by atoms with Crippen molar-refractivity contribution in [2.75, 3.05) is 12.8 Å². The maximum atomic E-state index is 11.4. The molecule has 1 saturated carbocycles. The third-order valence-corrected chi connectivity index (χ3v) is 6.32. The fourth-order valence-electron chi connectivity index (χ4n) is 4.82. The summed E-state index contributed by atoms with van der Waals surface area (Å²) >= 11 is 0. The van der Waals surface area contributed by atoms with Gasteiger partial charge in [-0.15, -0.1) is 0 Å². The quantitative estimate of drug-likeness (QED) is 0.431. The van der Waals surface area contributed by atoms with Crippen molar-refractivity contribution >= 4 is 17.5 Å². The van der Waals surface area contributed by atoms with Crippen LogP contribution in [0.3, 0.4) is 0 Å². The Labute approximate surface area is 208 Å². The number of ether oxygens (including phenoxy) is 1. The van der Waals surface area contributed by atoms with E-state index in [0.29, 0.717) is 11.7 Å². The first-order chi connectivity index (χ1) is 16.4. The molecular formula is C27H39N5O3. The molecule has 3 N–H and O–H groups in total. The molecule has 2 aliphatic rings. The van der Waals surface area contributed by atoms with Crippen molar-refractivity contribution in [3.63, 3.8) is 0 Å². The Kier molecular flexibility index (Phi) is 8.03. The van der Waals surface area contributed by atoms with Gasteiger partial charge in [0.05, 0.1) is 11.4 Å². The Bertz CT molecular complexity index is 1080. The molecule has 0 spiro atoms. The lowest BCUT2D eigenvalue weighted by molar-refractivity contribution is 0.0493. The van der Waals surface area contributed by atoms with Gasteiger partial charge in [-0.25, -0.2) is 14.8 Å². The third-order valence-electron chi connectivity index (χ3n) is 6.32. The van der Waals surface area contributed by atoms with Crippen LogP contribution >= 0.6 is 0 Å². The molecule has 1 heterocycles. The number of hydrogen-bond donors (Lipinski definition) is 2. The Hall–Kier alpha value is -3.16. The minimum Gasteiger partial charge on any atom is -0.444 e. The average molecular weight is 482 g/mol. The predicted octanol–water partition coefficient (Wildman–Crippen LogP) is 5.52. The Morgan fingerprint density at radius 2 is 1.83 bits per heavy atom. The van der Waals surface area contributed by atoms with Gasteiger partial charge in [0.15, 0.2) is 0 Å². The largest absolute Gasteiger partial charge is 0.444 e. The van der Waals surface area contributed by atoms with Crippen molar-refractivity contribution in [1.29, 1.82) is 0 Å². The maximum Gasteiger partial charge on any atom is 0.407 e. The number of hydrogen-bond acceptors (Lipinski definition) is 7. The summed E-state index contributed by atoms with van der Waals surface area (Å²) in [5.41, 5.74) is 11.7. The number of anilines is 1. The van der Waals surface area contributed by atoms with Gasteiger partial charge < -0.3 is 20.6 Å². The van der Waals surface area contributed by atoms with Gasteiger partial charge in [-0.05, 0) is 66.5 Å². The van der Waals surface area contributed by atoms with Crippen LogP contribution in [0.4, 0.5) is 10.5 Å². The van der Waals surface area contributed by atoms with Crippen LogP contribution in [0.25, 0.3) is 11.3 Å². The third kappa shape index (κ3) is 6.29. The van der Waals surface area contributed by atoms with E-state index >= 15 is 0 Å². The average Bonchev–Trinajstić information content (AvgIpc) is 2.76. The number of nitrogen functional groups attached to an aromatic ring is 1. The Morgan fingerprint density at radius 1 is 1.14 bits per heavy atom. The fraction of sp³-hybridized carbons (Fsp3) is 0.556. The first-order valence-corrected chi connectivity index (χ1v) is 12.3. The molecule has 8 heteroatoms. The molecule has 2 aliphatic carbocycles. The van der Waals surface area contributed by atoms with Crippen LogP contribution < -0.4 is 11.1 Å². The number of carbonyl (C=O) groups is 1. The zero-order chi connectivity index (χ0) is 25.8. The predicted molar refractivity (Wildman–Crippen MR) is 139 cm³/mol. The number of nitrogens with zero attached hydrogens (tertiary/aromatic N) is 3. The number of rotatable bonds is 2. The van der Waals surface area contributed by atoms with E-state index in [0.717, 1.165) is 46.6 Å². The molecule has 1 aromatic carbocycles. The lowest BCUT2D eigenvalue weighted by atomic mass is 9.69. The molecule has 1 amide bonds. The summed E-state index contributed by atoms with van der Waals surface area (Å²) < 4.78 is 5.19. The smallest absolute Gasteiger partial charge is 0.407 e. The summed E-state index contributed by atoms with van der Waals surface area (Å²) in [5, 5.41) is 7.18. The second-order valence-corrected chi connectivity index (χ2v) is 10.7. The molecule has 1 fully saturated rings. The molecule has 190 valence electrons. The number of aromatic nitrogens is 2. The normalized spacial score (nSPS) is 18.0. The summed E-state index contributed by atoms with van der Waals surface area (Å²) in [6, 6.07) is 6.12. The standard InChI is InChI=1S/C16H18N4O.C11H21NO2/c1-9-13-14(19-8-18-9)11-6-5-10(17)7-12(11)15(20-21-4)16(13,2)3;1-11(2,3)14-10(13)12-9-7-5-4-6-8-9/h5-8H,17H2,1-4H3;9H,4-8H2,1-3H3,(H,12,13)/b20-15+;. The summed E-state index contributed by atoms with van der Waals surface area (Å²) in [6.45, 7) is 11.8. The van der Waals surface area contributed by atoms with E-state index in [9.17, 15) is 4.79 Å². The van der Waals surface area contributed by atoms with Crippen molar-refractivity contribution in [2.24, 2.45) is 5.16 Å². The van der Waals surface area contributed by atoms with Gasteiger partial charge in [-0.1, -0.05) is 30.5 Å². The van der Waals surface area contributed by atoms with Gasteiger partial charge in [0.25, 0.3) is 0 Å². The highest BCUT2D eigenvalue weighted by Crippen LogP contribution is 2.43. The van der Waals surface area contributed by atoms with Crippen molar-refractivity contribution < 1.29 is 14.4 Å². The lowest BCUT2D eigenvalue weighted by Crippen LogP contribution is -2.39. The van der Waals surface area contributed by atoms with Crippen LogP contribution in [0.15, 0.2) is 29.7 Å². The number of alkyl carbamates (subject to hydrolysis) is 1. The number of nitrogens with one attached hydrogen (secondary N) is 1. The monoisotopic (exact) mass is 481 g/mol. The topological polar surface area (TPSA) is 112 Å². The zero-order valence-corrected chi connectivity index (χ0v) is 22.1. The molecule has 0 aliphatic heterocycles. The number of carbonyl (C=O) groups excluding carboxylic acids is 1. The van der Waals surface area contributed by atoms with E-state index < -0.39 is 5.60 Å². The number of nitrogens with two attached hydrogens (primary N) is 1. The maximum absolute atomic E-state index is 11.4. The first kappa shape index (κ1) is 26.4. The van der Waals surface area contributed by atoms with Crippen LogP contribution in [-0.4, -0.2) is 40.5 Å². The fourth-order valence-corrected chi connectivity index (χ4v) is 4.82. The van der Waals surface area contributed by atoms with E-state index in [2.05, 4.69) is 34.3 Å². The van der Waals surface area contributed by atoms with Crippen molar-refractivity contribution in [1.82, 2.24) is 15.3 Å². The zero-order valence-electron chi connectivity index (χ0n) is 22.1. The minimum atomic E-state index is -0.390. The molecule has 2 aromatic rings. The molecule has 0 saturated heterocycles. The van der Waals surface area contributed by atoms with E-state index in [4.69, 9.17) is 15.3 Å². The summed E-state index contributed by atoms with van der Waals surface area (Å²) in [4.78, 5) is 25.3. The molecule has 0 radical (unpaired) electrons. The number of amides is 1. The van der Waals surface area contributed by atoms with Gasteiger partial charge in [-0.2, -0.15) is 0 Å². The minimum absolute atomic E-state index is 0.274. The van der Waals surface area contributed by atoms with Crippen molar-refractivity contribution in [3.05, 3.63) is 41.3 Å². The highest BCUT2D eigenvalue weighted by molar-refractivity contribution is 6.15. The molecule has 1 aromatic heterocycles. The Morgan fingerprint density at radius 3 is 2.46 bits per heavy atom. The highest BCUT2D eigenvalue weighted by Gasteiger charge is 2.40. The van der Waals surface area contributed by atoms with Gasteiger partial charge in [0.1, 0.15) is 19.0 Å². The molecule has 0 unspecified atom stereocenters. The van der Waals surface area contributed by atoms with Crippen molar-refractivity contribution in [2.45, 2.75) is 90.7 Å². The van der Waals surface area contributed by atoms with Crippen LogP contribution in [0.1, 0.15) is 83.5 Å². The SMILES string of the molecule is CC(C)(C)OC(=O)NC1CCCCC1.CO/N=C1\c2cc(N)ccc2-c2ncnc(C)c2C1(C)C. The van der Waals surface area contributed by atoms with Crippen LogP contribution in [0, 0.1) is 6.92 Å². The molecule has 0 bridgehead atoms. The van der Waals surface area contributed by atoms with Gasteiger partial charge in [-0.3, -0.25) is 0 Å². The van der Waals surface area contributed by atoms with E-state index in [1.54, 1.807) is 13.4 Å². The van der Waals surface area contributed by atoms with Crippen LogP contribution in [0.2, 0.25) is 0 Å². The first-order valence-electron chi connectivity index (χ1n) is 12.3. The number of benzene rings is 1. The van der Waals surface area contributed by atoms with Gasteiger partial charge in [0.2, 0.25) is 0 Å². The van der Waals surface area contributed by atoms with E-state index in [-0.39, 0.29) is 11.5 Å². The van der Waals surface area contributed by atoms with Gasteiger partial charge >= 0.3 is 6.09 Å². The molecule has 35 heavy (non-hydrogen) atoms. The number of oxime groups is 1. The number of fused-ring (bicyclic) bond motifs is 3. The summed E-state index contributed by atoms with van der Waals surface area (Å²) in [6.07, 6.45) is 7.26. The summed E-state index contributed by atoms with van der Waals surface area (Å²) in [5.74, 6) is 0. The highest BCUT2D eigenvalue weighted by atomic mass is 16.6. The van der Waals surface area contributed by atoms with E-state index in [1.165, 1.54) is 19.3 Å². The second-order valence-electron chi connectivity index (χ2n) is 10.7. The Balaban J connectivity index is 0.000000214. The van der Waals surface area contributed by atoms with Crippen LogP contribution in [0.5, 0.6) is 0 Å². The molecule has 0 atom stereocenters. The molecular weight excluding hydrogens is 442 g/mol. The van der Waals surface area contributed by atoms with E-state index in [1.807, 2.05) is 45.9 Å². The second kappa shape index (κ2) is 10.6. The molecule has 8 nitrogen and oxygen atoms in total. The summed E-state index contributed by atoms with van der Waals surface area (Å²) in [7, 11) is 1.55. The number of aryl methyl sites for hydroxylation is 1. The lowest BCUT2D eigenvalue weighted by Gasteiger charge is -2.35.